The van der Waals surface area contributed by atoms with Crippen molar-refractivity contribution in [2.24, 2.45) is 0 Å². The lowest BCUT2D eigenvalue weighted by atomic mass is 10.1. The number of amides is 2. The molecule has 0 unspecified atom stereocenters. The highest BCUT2D eigenvalue weighted by Crippen LogP contribution is 2.38. The van der Waals surface area contributed by atoms with Gasteiger partial charge in [0.15, 0.2) is 11.5 Å². The minimum Gasteiger partial charge on any atom is -0.504 e. The van der Waals surface area contributed by atoms with Crippen molar-refractivity contribution in [3.8, 4) is 11.5 Å². The first-order chi connectivity index (χ1) is 10.9. The summed E-state index contributed by atoms with van der Waals surface area (Å²) in [6, 6.07) is 2.84. The van der Waals surface area contributed by atoms with E-state index in [1.807, 2.05) is 0 Å². The van der Waals surface area contributed by atoms with Crippen LogP contribution in [0.25, 0.3) is 6.08 Å². The summed E-state index contributed by atoms with van der Waals surface area (Å²) in [6.07, 6.45) is 1.31. The van der Waals surface area contributed by atoms with Crippen molar-refractivity contribution >= 4 is 46.6 Å². The normalized spacial score (nSPS) is 16.1. The van der Waals surface area contributed by atoms with Gasteiger partial charge in [0.05, 0.1) is 19.1 Å². The van der Waals surface area contributed by atoms with E-state index in [9.17, 15) is 19.5 Å². The molecule has 23 heavy (non-hydrogen) atoms. The Bertz CT molecular complexity index is 717. The molecule has 1 aliphatic rings. The third-order valence-corrected chi connectivity index (χ3v) is 4.09. The third-order valence-electron chi connectivity index (χ3n) is 2.96. The molecule has 1 N–H and O–H groups in total. The molecular weight excluding hydrogens is 346 g/mol. The summed E-state index contributed by atoms with van der Waals surface area (Å²) in [5.74, 6) is -1.43. The van der Waals surface area contributed by atoms with Gasteiger partial charge in [0.2, 0.25) is 0 Å². The van der Waals surface area contributed by atoms with Crippen LogP contribution in [0.2, 0.25) is 5.02 Å². The van der Waals surface area contributed by atoms with Crippen molar-refractivity contribution < 1.29 is 29.0 Å². The van der Waals surface area contributed by atoms with Crippen LogP contribution in [0.4, 0.5) is 4.79 Å². The van der Waals surface area contributed by atoms with E-state index in [1.54, 1.807) is 0 Å². The molecule has 1 aromatic carbocycles. The number of ether oxygens (including phenoxy) is 2. The number of carbonyl (C=O) groups is 3. The van der Waals surface area contributed by atoms with Crippen molar-refractivity contribution in [1.82, 2.24) is 4.90 Å². The molecule has 1 aliphatic heterocycles. The Morgan fingerprint density at radius 1 is 1.39 bits per heavy atom. The van der Waals surface area contributed by atoms with Crippen LogP contribution in [0.3, 0.4) is 0 Å². The van der Waals surface area contributed by atoms with E-state index in [4.69, 9.17) is 16.3 Å². The molecule has 0 bridgehead atoms. The predicted molar refractivity (Wildman–Crippen MR) is 84.4 cm³/mol. The second-order valence-electron chi connectivity index (χ2n) is 4.39. The molecule has 9 heteroatoms. The van der Waals surface area contributed by atoms with Crippen molar-refractivity contribution in [3.05, 3.63) is 27.6 Å². The molecule has 1 fully saturated rings. The van der Waals surface area contributed by atoms with Gasteiger partial charge < -0.3 is 14.6 Å². The maximum atomic E-state index is 12.2. The van der Waals surface area contributed by atoms with E-state index in [2.05, 4.69) is 4.74 Å². The van der Waals surface area contributed by atoms with Crippen LogP contribution in [0.1, 0.15) is 5.56 Å². The first kappa shape index (κ1) is 17.2. The van der Waals surface area contributed by atoms with E-state index >= 15 is 0 Å². The Labute approximate surface area is 140 Å². The van der Waals surface area contributed by atoms with Crippen LogP contribution >= 0.6 is 23.4 Å². The first-order valence-electron chi connectivity index (χ1n) is 6.26. The Morgan fingerprint density at radius 3 is 2.70 bits per heavy atom. The zero-order chi connectivity index (χ0) is 17.1. The average Bonchev–Trinajstić information content (AvgIpc) is 2.77. The molecule has 0 spiro atoms. The zero-order valence-electron chi connectivity index (χ0n) is 12.2. The SMILES string of the molecule is COC(=O)CN1C(=O)S/C(=C\c2cc(Cl)cc(OC)c2O)C1=O. The number of imide groups is 1. The standard InChI is InChI=1S/C14H12ClNO6S/c1-21-9-5-8(15)3-7(12(9)18)4-10-13(19)16(14(20)23-10)6-11(17)22-2/h3-5,18H,6H2,1-2H3/b10-4-. The van der Waals surface area contributed by atoms with Crippen molar-refractivity contribution in [2.45, 2.75) is 0 Å². The topological polar surface area (TPSA) is 93.1 Å². The van der Waals surface area contributed by atoms with E-state index in [-0.39, 0.29) is 22.0 Å². The van der Waals surface area contributed by atoms with Crippen LogP contribution in [-0.4, -0.2) is 47.9 Å². The molecule has 0 radical (unpaired) electrons. The number of hydrogen-bond donors (Lipinski definition) is 1. The molecule has 2 rings (SSSR count). The summed E-state index contributed by atoms with van der Waals surface area (Å²) >= 11 is 6.57. The van der Waals surface area contributed by atoms with Gasteiger partial charge in [-0.2, -0.15) is 0 Å². The number of carbonyl (C=O) groups excluding carboxylic acids is 3. The number of halogens is 1. The molecule has 0 aliphatic carbocycles. The number of thioether (sulfide) groups is 1. The van der Waals surface area contributed by atoms with E-state index in [0.29, 0.717) is 16.8 Å². The smallest absolute Gasteiger partial charge is 0.325 e. The van der Waals surface area contributed by atoms with Gasteiger partial charge in [-0.3, -0.25) is 19.3 Å². The van der Waals surface area contributed by atoms with Crippen LogP contribution < -0.4 is 4.74 Å². The summed E-state index contributed by atoms with van der Waals surface area (Å²) < 4.78 is 9.41. The van der Waals surface area contributed by atoms with Gasteiger partial charge in [-0.05, 0) is 23.9 Å². The molecule has 0 saturated carbocycles. The Balaban J connectivity index is 2.34. The quantitative estimate of drug-likeness (QED) is 0.652. The van der Waals surface area contributed by atoms with Crippen molar-refractivity contribution in [1.29, 1.82) is 0 Å². The molecule has 2 amide bonds. The van der Waals surface area contributed by atoms with Gasteiger partial charge in [-0.15, -0.1) is 0 Å². The first-order valence-corrected chi connectivity index (χ1v) is 7.45. The number of phenolic OH excluding ortho intramolecular Hbond substituents is 1. The van der Waals surface area contributed by atoms with Gasteiger partial charge in [0.1, 0.15) is 6.54 Å². The minimum atomic E-state index is -0.708. The maximum absolute atomic E-state index is 12.2. The lowest BCUT2D eigenvalue weighted by Gasteiger charge is -2.10. The molecule has 1 saturated heterocycles. The van der Waals surface area contributed by atoms with E-state index < -0.39 is 23.7 Å². The van der Waals surface area contributed by atoms with Crippen LogP contribution in [0.15, 0.2) is 17.0 Å². The second-order valence-corrected chi connectivity index (χ2v) is 5.82. The number of hydrogen-bond acceptors (Lipinski definition) is 7. The van der Waals surface area contributed by atoms with Gasteiger partial charge in [0.25, 0.3) is 11.1 Å². The highest BCUT2D eigenvalue weighted by Gasteiger charge is 2.36. The number of nitrogens with zero attached hydrogens (tertiary/aromatic N) is 1. The summed E-state index contributed by atoms with van der Waals surface area (Å²) in [4.78, 5) is 36.1. The molecular formula is C14H12ClNO6S. The van der Waals surface area contributed by atoms with E-state index in [1.165, 1.54) is 25.3 Å². The fraction of sp³-hybridized carbons (Fsp3) is 0.214. The minimum absolute atomic E-state index is 0.0542. The van der Waals surface area contributed by atoms with Crippen LogP contribution in [0, 0.1) is 0 Å². The van der Waals surface area contributed by atoms with Crippen molar-refractivity contribution in [2.75, 3.05) is 20.8 Å². The molecule has 0 aromatic heterocycles. The largest absolute Gasteiger partial charge is 0.504 e. The number of benzene rings is 1. The summed E-state index contributed by atoms with van der Waals surface area (Å²) in [6.45, 7) is -0.469. The Kier molecular flexibility index (Phi) is 5.17. The van der Waals surface area contributed by atoms with Crippen molar-refractivity contribution in [3.63, 3.8) is 0 Å². The molecule has 7 nitrogen and oxygen atoms in total. The number of phenols is 1. The van der Waals surface area contributed by atoms with Gasteiger partial charge in [-0.25, -0.2) is 0 Å². The summed E-state index contributed by atoms with van der Waals surface area (Å²) in [5.41, 5.74) is 0.220. The average molecular weight is 358 g/mol. The van der Waals surface area contributed by atoms with Crippen LogP contribution in [0.5, 0.6) is 11.5 Å². The summed E-state index contributed by atoms with van der Waals surface area (Å²) in [5, 5.41) is 9.75. The number of esters is 1. The lowest BCUT2D eigenvalue weighted by Crippen LogP contribution is -2.34. The van der Waals surface area contributed by atoms with Crippen LogP contribution in [-0.2, 0) is 14.3 Å². The monoisotopic (exact) mass is 357 g/mol. The number of rotatable bonds is 4. The van der Waals surface area contributed by atoms with Gasteiger partial charge >= 0.3 is 5.97 Å². The summed E-state index contributed by atoms with van der Waals surface area (Å²) in [7, 11) is 2.52. The van der Waals surface area contributed by atoms with Gasteiger partial charge in [-0.1, -0.05) is 11.6 Å². The zero-order valence-corrected chi connectivity index (χ0v) is 13.7. The van der Waals surface area contributed by atoms with E-state index in [0.717, 1.165) is 12.0 Å². The fourth-order valence-electron chi connectivity index (χ4n) is 1.83. The molecule has 0 atom stereocenters. The maximum Gasteiger partial charge on any atom is 0.325 e. The number of aromatic hydroxyl groups is 1. The number of methoxy groups -OCH3 is 2. The third kappa shape index (κ3) is 3.59. The van der Waals surface area contributed by atoms with Gasteiger partial charge in [0, 0.05) is 16.7 Å². The lowest BCUT2D eigenvalue weighted by molar-refractivity contribution is -0.143. The second kappa shape index (κ2) is 6.93. The molecule has 122 valence electrons. The molecule has 1 heterocycles. The molecule has 1 aromatic rings. The Morgan fingerprint density at radius 2 is 2.09 bits per heavy atom. The Hall–Kier alpha value is -2.19. The highest BCUT2D eigenvalue weighted by molar-refractivity contribution is 8.18. The highest BCUT2D eigenvalue weighted by atomic mass is 35.5. The fourth-order valence-corrected chi connectivity index (χ4v) is 2.88. The predicted octanol–water partition coefficient (Wildman–Crippen LogP) is 2.26.